The first kappa shape index (κ1) is 23.7. The summed E-state index contributed by atoms with van der Waals surface area (Å²) in [6, 6.07) is 7.44. The molecule has 3 N–H and O–H groups in total. The molecule has 0 atom stereocenters. The first-order valence-corrected chi connectivity index (χ1v) is 11.4. The second kappa shape index (κ2) is 11.0. The highest BCUT2D eigenvalue weighted by atomic mass is 32.2. The number of anilines is 2. The monoisotopic (exact) mass is 437 g/mol. The van der Waals surface area contributed by atoms with Gasteiger partial charge in [-0.3, -0.25) is 4.98 Å². The first-order chi connectivity index (χ1) is 14.2. The quantitative estimate of drug-likeness (QED) is 0.494. The molecule has 0 unspecified atom stereocenters. The summed E-state index contributed by atoms with van der Waals surface area (Å²) in [7, 11) is -1.17. The standard InChI is InChI=1S/C20H28FN5O3S/c1-4-30(28,29)14-22-9-10-26(3)13-16-6-8-18(21)19(11-16)25-20(27)24-17-7-5-15(2)23-12-17/h5-8,11-12,22H,4,9-10,13-14H2,1-3H3,(H2,24,25,27). The number of carbonyl (C=O) groups excluding carboxylic acids is 1. The van der Waals surface area contributed by atoms with Crippen molar-refractivity contribution in [1.29, 1.82) is 0 Å². The van der Waals surface area contributed by atoms with E-state index < -0.39 is 21.7 Å². The van der Waals surface area contributed by atoms with Gasteiger partial charge in [0.15, 0.2) is 9.84 Å². The van der Waals surface area contributed by atoms with E-state index in [0.717, 1.165) is 11.3 Å². The van der Waals surface area contributed by atoms with E-state index in [9.17, 15) is 17.6 Å². The molecule has 2 aromatic rings. The molecule has 0 radical (unpaired) electrons. The maximum Gasteiger partial charge on any atom is 0.323 e. The van der Waals surface area contributed by atoms with Gasteiger partial charge in [0.2, 0.25) is 0 Å². The number of amides is 2. The first-order valence-electron chi connectivity index (χ1n) is 9.57. The van der Waals surface area contributed by atoms with Crippen LogP contribution in [0.2, 0.25) is 0 Å². The van der Waals surface area contributed by atoms with Gasteiger partial charge in [0, 0.05) is 31.1 Å². The zero-order valence-corrected chi connectivity index (χ0v) is 18.2. The number of sulfone groups is 1. The minimum Gasteiger partial charge on any atom is -0.306 e. The molecule has 8 nitrogen and oxygen atoms in total. The number of urea groups is 1. The van der Waals surface area contributed by atoms with Crippen molar-refractivity contribution in [3.8, 4) is 0 Å². The Kier molecular flexibility index (Phi) is 8.70. The Labute approximate surface area is 176 Å². The number of nitrogens with zero attached hydrogens (tertiary/aromatic N) is 2. The summed E-state index contributed by atoms with van der Waals surface area (Å²) in [4.78, 5) is 18.2. The van der Waals surface area contributed by atoms with Gasteiger partial charge in [-0.2, -0.15) is 0 Å². The van der Waals surface area contributed by atoms with Crippen molar-refractivity contribution in [2.24, 2.45) is 0 Å². The van der Waals surface area contributed by atoms with Crippen molar-refractivity contribution in [2.75, 3.05) is 42.4 Å². The van der Waals surface area contributed by atoms with Crippen molar-refractivity contribution >= 4 is 27.2 Å². The van der Waals surface area contributed by atoms with Crippen LogP contribution < -0.4 is 16.0 Å². The molecule has 30 heavy (non-hydrogen) atoms. The van der Waals surface area contributed by atoms with Gasteiger partial charge in [0.1, 0.15) is 5.82 Å². The summed E-state index contributed by atoms with van der Waals surface area (Å²) >= 11 is 0. The number of rotatable bonds is 10. The molecule has 0 aliphatic carbocycles. The van der Waals surface area contributed by atoms with Crippen LogP contribution in [0.15, 0.2) is 36.5 Å². The Morgan fingerprint density at radius 3 is 2.63 bits per heavy atom. The number of nitrogens with one attached hydrogen (secondary N) is 3. The van der Waals surface area contributed by atoms with Crippen LogP contribution in [0.25, 0.3) is 0 Å². The second-order valence-electron chi connectivity index (χ2n) is 7.00. The molecule has 0 saturated heterocycles. The fourth-order valence-electron chi connectivity index (χ4n) is 2.58. The van der Waals surface area contributed by atoms with Gasteiger partial charge in [-0.1, -0.05) is 13.0 Å². The number of pyridine rings is 1. The topological polar surface area (TPSA) is 103 Å². The molecular formula is C20H28FN5O3S. The second-order valence-corrected chi connectivity index (χ2v) is 9.35. The Morgan fingerprint density at radius 1 is 1.20 bits per heavy atom. The summed E-state index contributed by atoms with van der Waals surface area (Å²) in [6.45, 7) is 5.09. The van der Waals surface area contributed by atoms with Gasteiger partial charge in [-0.15, -0.1) is 0 Å². The Balaban J connectivity index is 1.87. The maximum absolute atomic E-state index is 14.1. The fourth-order valence-corrected chi connectivity index (χ4v) is 3.24. The van der Waals surface area contributed by atoms with Gasteiger partial charge in [0.25, 0.3) is 0 Å². The predicted octanol–water partition coefficient (Wildman–Crippen LogP) is 2.59. The zero-order valence-electron chi connectivity index (χ0n) is 17.4. The highest BCUT2D eigenvalue weighted by Gasteiger charge is 2.10. The largest absolute Gasteiger partial charge is 0.323 e. The highest BCUT2D eigenvalue weighted by molar-refractivity contribution is 7.91. The van der Waals surface area contributed by atoms with E-state index in [1.54, 1.807) is 31.2 Å². The normalized spacial score (nSPS) is 11.5. The third kappa shape index (κ3) is 8.05. The van der Waals surface area contributed by atoms with Crippen LogP contribution in [0, 0.1) is 12.7 Å². The molecule has 0 aliphatic heterocycles. The van der Waals surface area contributed by atoms with Crippen LogP contribution in [0.3, 0.4) is 0 Å². The van der Waals surface area contributed by atoms with Gasteiger partial charge in [-0.05, 0) is 43.8 Å². The van der Waals surface area contributed by atoms with E-state index >= 15 is 0 Å². The third-order valence-corrected chi connectivity index (χ3v) is 5.86. The number of benzene rings is 1. The highest BCUT2D eigenvalue weighted by Crippen LogP contribution is 2.18. The molecule has 1 aromatic heterocycles. The van der Waals surface area contributed by atoms with Crippen molar-refractivity contribution < 1.29 is 17.6 Å². The number of hydrogen-bond donors (Lipinski definition) is 3. The Morgan fingerprint density at radius 2 is 1.97 bits per heavy atom. The van der Waals surface area contributed by atoms with Crippen molar-refractivity contribution in [3.05, 3.63) is 53.6 Å². The molecule has 1 aromatic carbocycles. The molecule has 0 fully saturated rings. The number of likely N-dealkylation sites (N-methyl/N-ethyl adjacent to an activating group) is 1. The van der Waals surface area contributed by atoms with E-state index in [1.807, 2.05) is 18.9 Å². The van der Waals surface area contributed by atoms with Gasteiger partial charge < -0.3 is 20.9 Å². The molecule has 0 bridgehead atoms. The Hall–Kier alpha value is -2.56. The minimum atomic E-state index is -3.04. The van der Waals surface area contributed by atoms with Crippen LogP contribution in [-0.2, 0) is 16.4 Å². The molecule has 10 heteroatoms. The molecule has 2 rings (SSSR count). The van der Waals surface area contributed by atoms with Crippen molar-refractivity contribution in [1.82, 2.24) is 15.2 Å². The van der Waals surface area contributed by atoms with Gasteiger partial charge >= 0.3 is 6.03 Å². The lowest BCUT2D eigenvalue weighted by atomic mass is 10.2. The van der Waals surface area contributed by atoms with E-state index in [0.29, 0.717) is 25.3 Å². The number of aromatic nitrogens is 1. The molecule has 2 amide bonds. The molecular weight excluding hydrogens is 409 g/mol. The number of halogens is 1. The predicted molar refractivity (Wildman–Crippen MR) is 117 cm³/mol. The van der Waals surface area contributed by atoms with Crippen LogP contribution in [0.1, 0.15) is 18.2 Å². The SMILES string of the molecule is CCS(=O)(=O)CNCCN(C)Cc1ccc(F)c(NC(=O)Nc2ccc(C)nc2)c1. The Bertz CT molecular complexity index is 951. The summed E-state index contributed by atoms with van der Waals surface area (Å²) in [5.41, 5.74) is 2.22. The smallest absolute Gasteiger partial charge is 0.306 e. The van der Waals surface area contributed by atoms with E-state index in [4.69, 9.17) is 0 Å². The van der Waals surface area contributed by atoms with E-state index in [-0.39, 0.29) is 17.3 Å². The number of aryl methyl sites for hydroxylation is 1. The lowest BCUT2D eigenvalue weighted by molar-refractivity contribution is 0.262. The molecule has 0 spiro atoms. The average molecular weight is 438 g/mol. The number of hydrogen-bond acceptors (Lipinski definition) is 6. The minimum absolute atomic E-state index is 0.0480. The summed E-state index contributed by atoms with van der Waals surface area (Å²) < 4.78 is 37.1. The van der Waals surface area contributed by atoms with Crippen LogP contribution >= 0.6 is 0 Å². The summed E-state index contributed by atoms with van der Waals surface area (Å²) in [6.07, 6.45) is 1.52. The number of carbonyl (C=O) groups is 1. The van der Waals surface area contributed by atoms with E-state index in [2.05, 4.69) is 20.9 Å². The molecule has 0 saturated carbocycles. The maximum atomic E-state index is 14.1. The van der Waals surface area contributed by atoms with Gasteiger partial charge in [-0.25, -0.2) is 17.6 Å². The van der Waals surface area contributed by atoms with Gasteiger partial charge in [0.05, 0.1) is 23.4 Å². The van der Waals surface area contributed by atoms with Crippen LogP contribution in [0.4, 0.5) is 20.6 Å². The molecule has 164 valence electrons. The lowest BCUT2D eigenvalue weighted by Crippen LogP contribution is -2.32. The van der Waals surface area contributed by atoms with Crippen LogP contribution in [-0.4, -0.2) is 56.1 Å². The fraction of sp³-hybridized carbons (Fsp3) is 0.400. The lowest BCUT2D eigenvalue weighted by Gasteiger charge is -2.18. The summed E-state index contributed by atoms with van der Waals surface area (Å²) in [5.74, 6) is -0.479. The average Bonchev–Trinajstić information content (AvgIpc) is 2.69. The third-order valence-electron chi connectivity index (χ3n) is 4.33. The van der Waals surface area contributed by atoms with Crippen molar-refractivity contribution in [2.45, 2.75) is 20.4 Å². The van der Waals surface area contributed by atoms with E-state index in [1.165, 1.54) is 12.3 Å². The van der Waals surface area contributed by atoms with Crippen LogP contribution in [0.5, 0.6) is 0 Å². The zero-order chi connectivity index (χ0) is 22.1. The van der Waals surface area contributed by atoms with Crippen molar-refractivity contribution in [3.63, 3.8) is 0 Å². The molecule has 0 aliphatic rings. The molecule has 1 heterocycles. The summed E-state index contributed by atoms with van der Waals surface area (Å²) in [5, 5.41) is 8.03.